The van der Waals surface area contributed by atoms with Crippen LogP contribution >= 0.6 is 38.9 Å². The number of methoxy groups -OCH3 is 1. The Morgan fingerprint density at radius 3 is 2.57 bits per heavy atom. The molecule has 0 aliphatic heterocycles. The zero-order valence-corrected chi connectivity index (χ0v) is 21.4. The number of thiophene rings is 1. The van der Waals surface area contributed by atoms with Gasteiger partial charge in [-0.2, -0.15) is 5.10 Å². The number of amides is 1. The maximum atomic E-state index is 12.7. The minimum Gasteiger partial charge on any atom is -0.497 e. The number of esters is 1. The fourth-order valence-corrected chi connectivity index (χ4v) is 4.79. The number of benzene rings is 3. The van der Waals surface area contributed by atoms with E-state index in [2.05, 4.69) is 26.5 Å². The van der Waals surface area contributed by atoms with Gasteiger partial charge in [0.25, 0.3) is 5.91 Å². The van der Waals surface area contributed by atoms with E-state index in [1.807, 2.05) is 24.3 Å². The SMILES string of the molecule is COc1ccc2c(Cl)c(C(=O)Oc3ccc(C=NNC(=O)COc4cccc(Br)c4)cc3)sc2c1. The van der Waals surface area contributed by atoms with Gasteiger partial charge >= 0.3 is 5.97 Å². The Bertz CT molecular complexity index is 1410. The summed E-state index contributed by atoms with van der Waals surface area (Å²) < 4.78 is 17.8. The van der Waals surface area contributed by atoms with Gasteiger partial charge in [-0.25, -0.2) is 10.2 Å². The Hall–Kier alpha value is -3.40. The Balaban J connectivity index is 1.31. The zero-order valence-electron chi connectivity index (χ0n) is 18.3. The molecule has 0 saturated heterocycles. The molecule has 0 aliphatic rings. The van der Waals surface area contributed by atoms with Gasteiger partial charge in [-0.1, -0.05) is 33.6 Å². The lowest BCUT2D eigenvalue weighted by Gasteiger charge is -2.05. The van der Waals surface area contributed by atoms with Crippen molar-refractivity contribution in [2.75, 3.05) is 13.7 Å². The molecule has 3 aromatic carbocycles. The smallest absolute Gasteiger partial charge is 0.355 e. The van der Waals surface area contributed by atoms with Crippen molar-refractivity contribution in [3.05, 3.63) is 86.7 Å². The molecule has 4 rings (SSSR count). The monoisotopic (exact) mass is 572 g/mol. The fraction of sp³-hybridized carbons (Fsp3) is 0.0800. The first-order chi connectivity index (χ1) is 16.9. The summed E-state index contributed by atoms with van der Waals surface area (Å²) in [7, 11) is 1.58. The van der Waals surface area contributed by atoms with E-state index in [-0.39, 0.29) is 6.61 Å². The number of nitrogens with zero attached hydrogens (tertiary/aromatic N) is 1. The molecule has 1 amide bonds. The summed E-state index contributed by atoms with van der Waals surface area (Å²) >= 11 is 11.0. The molecular weight excluding hydrogens is 556 g/mol. The summed E-state index contributed by atoms with van der Waals surface area (Å²) in [5.74, 6) is 0.657. The van der Waals surface area contributed by atoms with E-state index < -0.39 is 11.9 Å². The average Bonchev–Trinajstić information content (AvgIpc) is 3.19. The summed E-state index contributed by atoms with van der Waals surface area (Å²) in [5, 5.41) is 5.02. The topological polar surface area (TPSA) is 86.2 Å². The third-order valence-electron chi connectivity index (χ3n) is 4.68. The van der Waals surface area contributed by atoms with E-state index in [1.54, 1.807) is 49.6 Å². The van der Waals surface area contributed by atoms with Crippen LogP contribution in [-0.4, -0.2) is 31.8 Å². The quantitative estimate of drug-likeness (QED) is 0.120. The molecule has 1 N–H and O–H groups in total. The number of ether oxygens (including phenoxy) is 3. The lowest BCUT2D eigenvalue weighted by atomic mass is 10.2. The number of hydrogen-bond donors (Lipinski definition) is 1. The molecule has 0 spiro atoms. The summed E-state index contributed by atoms with van der Waals surface area (Å²) in [5.41, 5.74) is 3.10. The van der Waals surface area contributed by atoms with Crippen molar-refractivity contribution in [2.45, 2.75) is 0 Å². The van der Waals surface area contributed by atoms with Gasteiger partial charge in [-0.05, 0) is 66.2 Å². The van der Waals surface area contributed by atoms with Gasteiger partial charge < -0.3 is 14.2 Å². The van der Waals surface area contributed by atoms with Crippen molar-refractivity contribution in [3.8, 4) is 17.2 Å². The molecule has 10 heteroatoms. The maximum absolute atomic E-state index is 12.7. The van der Waals surface area contributed by atoms with Crippen LogP contribution in [0.25, 0.3) is 10.1 Å². The Morgan fingerprint density at radius 2 is 1.83 bits per heavy atom. The number of carbonyl (C=O) groups is 2. The molecule has 0 radical (unpaired) electrons. The Kier molecular flexibility index (Phi) is 8.02. The molecule has 178 valence electrons. The van der Waals surface area contributed by atoms with Gasteiger partial charge in [-0.3, -0.25) is 4.79 Å². The largest absolute Gasteiger partial charge is 0.497 e. The van der Waals surface area contributed by atoms with Gasteiger partial charge in [0, 0.05) is 14.6 Å². The van der Waals surface area contributed by atoms with Crippen LogP contribution in [0.4, 0.5) is 0 Å². The first kappa shape index (κ1) is 24.7. The molecule has 4 aromatic rings. The number of carbonyl (C=O) groups excluding carboxylic acids is 2. The molecule has 35 heavy (non-hydrogen) atoms. The van der Waals surface area contributed by atoms with Crippen LogP contribution in [0.3, 0.4) is 0 Å². The summed E-state index contributed by atoms with van der Waals surface area (Å²) in [4.78, 5) is 24.9. The van der Waals surface area contributed by atoms with Gasteiger partial charge in [-0.15, -0.1) is 11.3 Å². The van der Waals surface area contributed by atoms with Crippen molar-refractivity contribution in [1.29, 1.82) is 0 Å². The number of nitrogens with one attached hydrogen (secondary N) is 1. The summed E-state index contributed by atoms with van der Waals surface area (Å²) in [6.45, 7) is -0.171. The number of hydrazone groups is 1. The van der Waals surface area contributed by atoms with Crippen molar-refractivity contribution in [1.82, 2.24) is 5.43 Å². The van der Waals surface area contributed by atoms with Crippen LogP contribution in [0, 0.1) is 0 Å². The van der Waals surface area contributed by atoms with E-state index in [9.17, 15) is 9.59 Å². The maximum Gasteiger partial charge on any atom is 0.355 e. The number of hydrogen-bond acceptors (Lipinski definition) is 7. The highest BCUT2D eigenvalue weighted by atomic mass is 79.9. The van der Waals surface area contributed by atoms with Gasteiger partial charge in [0.1, 0.15) is 22.1 Å². The van der Waals surface area contributed by atoms with E-state index in [1.165, 1.54) is 17.6 Å². The second-order valence-electron chi connectivity index (χ2n) is 7.11. The highest BCUT2D eigenvalue weighted by molar-refractivity contribution is 9.10. The van der Waals surface area contributed by atoms with Crippen LogP contribution in [0.5, 0.6) is 17.2 Å². The molecule has 0 atom stereocenters. The summed E-state index contributed by atoms with van der Waals surface area (Å²) in [6.07, 6.45) is 1.47. The first-order valence-corrected chi connectivity index (χ1v) is 12.2. The molecule has 0 aliphatic carbocycles. The number of halogens is 2. The van der Waals surface area contributed by atoms with Crippen LogP contribution in [0.2, 0.25) is 5.02 Å². The van der Waals surface area contributed by atoms with Crippen LogP contribution in [-0.2, 0) is 4.79 Å². The third kappa shape index (κ3) is 6.39. The molecule has 0 saturated carbocycles. The second-order valence-corrected chi connectivity index (χ2v) is 9.45. The van der Waals surface area contributed by atoms with E-state index in [4.69, 9.17) is 25.8 Å². The Labute approximate surface area is 218 Å². The highest BCUT2D eigenvalue weighted by Gasteiger charge is 2.19. The normalized spacial score (nSPS) is 10.9. The van der Waals surface area contributed by atoms with Crippen molar-refractivity contribution >= 4 is 67.0 Å². The minimum absolute atomic E-state index is 0.171. The molecule has 7 nitrogen and oxygen atoms in total. The van der Waals surface area contributed by atoms with Crippen molar-refractivity contribution in [2.24, 2.45) is 5.10 Å². The van der Waals surface area contributed by atoms with E-state index >= 15 is 0 Å². The van der Waals surface area contributed by atoms with Crippen LogP contribution < -0.4 is 19.6 Å². The average molecular weight is 574 g/mol. The lowest BCUT2D eigenvalue weighted by Crippen LogP contribution is -2.24. The molecule has 0 fully saturated rings. The predicted octanol–water partition coefficient (Wildman–Crippen LogP) is 6.07. The van der Waals surface area contributed by atoms with Crippen LogP contribution in [0.15, 0.2) is 76.3 Å². The predicted molar refractivity (Wildman–Crippen MR) is 140 cm³/mol. The highest BCUT2D eigenvalue weighted by Crippen LogP contribution is 2.37. The summed E-state index contributed by atoms with van der Waals surface area (Å²) in [6, 6.07) is 19.3. The molecule has 0 unspecified atom stereocenters. The van der Waals surface area contributed by atoms with Gasteiger partial charge in [0.2, 0.25) is 0 Å². The van der Waals surface area contributed by atoms with E-state index in [0.29, 0.717) is 32.7 Å². The molecule has 1 aromatic heterocycles. The lowest BCUT2D eigenvalue weighted by molar-refractivity contribution is -0.123. The number of fused-ring (bicyclic) bond motifs is 1. The van der Waals surface area contributed by atoms with Crippen molar-refractivity contribution < 1.29 is 23.8 Å². The fourth-order valence-electron chi connectivity index (χ4n) is 3.00. The standard InChI is InChI=1S/C25H18BrClN2O5S/c1-32-18-9-10-20-21(12-18)35-24(23(20)27)25(31)34-17-7-5-15(6-8-17)13-28-29-22(30)14-33-19-4-2-3-16(26)11-19/h2-13H,14H2,1H3,(H,29,30). The minimum atomic E-state index is -0.547. The van der Waals surface area contributed by atoms with E-state index in [0.717, 1.165) is 14.6 Å². The first-order valence-electron chi connectivity index (χ1n) is 10.2. The van der Waals surface area contributed by atoms with Crippen molar-refractivity contribution in [3.63, 3.8) is 0 Å². The zero-order chi connectivity index (χ0) is 24.8. The van der Waals surface area contributed by atoms with Gasteiger partial charge in [0.05, 0.1) is 18.3 Å². The second kappa shape index (κ2) is 11.4. The number of rotatable bonds is 8. The molecule has 0 bridgehead atoms. The molecule has 1 heterocycles. The molecular formula is C25H18BrClN2O5S. The van der Waals surface area contributed by atoms with Crippen LogP contribution in [0.1, 0.15) is 15.2 Å². The van der Waals surface area contributed by atoms with Gasteiger partial charge in [0.15, 0.2) is 6.61 Å². The third-order valence-corrected chi connectivity index (χ3v) is 6.81. The Morgan fingerprint density at radius 1 is 1.06 bits per heavy atom.